The minimum absolute atomic E-state index is 0.271. The SMILES string of the molecule is CCNCc1cc(F)ccc1N1CCOCC1C(N)=O. The molecule has 0 aromatic heterocycles. The fourth-order valence-electron chi connectivity index (χ4n) is 2.36. The number of amides is 1. The second-order valence-corrected chi connectivity index (χ2v) is 4.74. The lowest BCUT2D eigenvalue weighted by Gasteiger charge is -2.36. The number of primary amides is 1. The zero-order valence-electron chi connectivity index (χ0n) is 11.6. The van der Waals surface area contributed by atoms with Gasteiger partial charge in [0.15, 0.2) is 0 Å². The van der Waals surface area contributed by atoms with Crippen LogP contribution in [0.1, 0.15) is 12.5 Å². The van der Waals surface area contributed by atoms with E-state index in [4.69, 9.17) is 10.5 Å². The first-order valence-corrected chi connectivity index (χ1v) is 6.76. The molecular formula is C14H20FN3O2. The van der Waals surface area contributed by atoms with Crippen molar-refractivity contribution in [2.24, 2.45) is 5.73 Å². The molecule has 0 spiro atoms. The van der Waals surface area contributed by atoms with Crippen LogP contribution in [0.2, 0.25) is 0 Å². The van der Waals surface area contributed by atoms with E-state index in [1.165, 1.54) is 12.1 Å². The maximum atomic E-state index is 13.4. The zero-order valence-corrected chi connectivity index (χ0v) is 11.6. The first kappa shape index (κ1) is 14.7. The molecule has 0 saturated carbocycles. The average molecular weight is 281 g/mol. The number of halogens is 1. The molecule has 0 bridgehead atoms. The number of hydrogen-bond donors (Lipinski definition) is 2. The Labute approximate surface area is 117 Å². The van der Waals surface area contributed by atoms with Crippen LogP contribution in [0.4, 0.5) is 10.1 Å². The summed E-state index contributed by atoms with van der Waals surface area (Å²) in [6.45, 7) is 4.69. The summed E-state index contributed by atoms with van der Waals surface area (Å²) < 4.78 is 18.7. The molecule has 1 heterocycles. The first-order valence-electron chi connectivity index (χ1n) is 6.76. The zero-order chi connectivity index (χ0) is 14.5. The molecule has 1 amide bonds. The standard InChI is InChI=1S/C14H20FN3O2/c1-2-17-8-10-7-11(15)3-4-12(10)18-5-6-20-9-13(18)14(16)19/h3-4,7,13,17H,2,5-6,8-9H2,1H3,(H2,16,19). The Bertz CT molecular complexity index is 481. The van der Waals surface area contributed by atoms with Gasteiger partial charge in [0.2, 0.25) is 5.91 Å². The van der Waals surface area contributed by atoms with Crippen molar-refractivity contribution in [3.63, 3.8) is 0 Å². The minimum Gasteiger partial charge on any atom is -0.377 e. The van der Waals surface area contributed by atoms with Gasteiger partial charge >= 0.3 is 0 Å². The smallest absolute Gasteiger partial charge is 0.242 e. The number of benzene rings is 1. The van der Waals surface area contributed by atoms with E-state index in [1.54, 1.807) is 6.07 Å². The number of nitrogens with zero attached hydrogens (tertiary/aromatic N) is 1. The van der Waals surface area contributed by atoms with Crippen LogP contribution in [0.25, 0.3) is 0 Å². The number of rotatable bonds is 5. The summed E-state index contributed by atoms with van der Waals surface area (Å²) in [4.78, 5) is 13.4. The van der Waals surface area contributed by atoms with Crippen LogP contribution < -0.4 is 16.0 Å². The molecule has 1 fully saturated rings. The van der Waals surface area contributed by atoms with Crippen LogP contribution in [0.15, 0.2) is 18.2 Å². The average Bonchev–Trinajstić information content (AvgIpc) is 2.45. The summed E-state index contributed by atoms with van der Waals surface area (Å²) in [5.41, 5.74) is 7.08. The highest BCUT2D eigenvalue weighted by atomic mass is 19.1. The van der Waals surface area contributed by atoms with E-state index in [0.29, 0.717) is 19.7 Å². The molecule has 0 aliphatic carbocycles. The Hall–Kier alpha value is -1.66. The summed E-state index contributed by atoms with van der Waals surface area (Å²) >= 11 is 0. The summed E-state index contributed by atoms with van der Waals surface area (Å²) in [6.07, 6.45) is 0. The highest BCUT2D eigenvalue weighted by Crippen LogP contribution is 2.25. The van der Waals surface area contributed by atoms with E-state index in [-0.39, 0.29) is 12.4 Å². The van der Waals surface area contributed by atoms with Gasteiger partial charge in [-0.2, -0.15) is 0 Å². The van der Waals surface area contributed by atoms with Gasteiger partial charge in [0.05, 0.1) is 13.2 Å². The van der Waals surface area contributed by atoms with Gasteiger partial charge in [-0.1, -0.05) is 6.92 Å². The van der Waals surface area contributed by atoms with Crippen LogP contribution in [0, 0.1) is 5.82 Å². The Morgan fingerprint density at radius 2 is 2.40 bits per heavy atom. The fraction of sp³-hybridized carbons (Fsp3) is 0.500. The lowest BCUT2D eigenvalue weighted by Crippen LogP contribution is -2.53. The molecule has 1 aliphatic rings. The minimum atomic E-state index is -0.505. The number of ether oxygens (including phenoxy) is 1. The van der Waals surface area contributed by atoms with Crippen LogP contribution in [-0.4, -0.2) is 38.3 Å². The second kappa shape index (κ2) is 6.67. The number of nitrogens with two attached hydrogens (primary N) is 1. The molecule has 1 aromatic carbocycles. The Kier molecular flexibility index (Phi) is 4.92. The van der Waals surface area contributed by atoms with Crippen LogP contribution >= 0.6 is 0 Å². The van der Waals surface area contributed by atoms with E-state index in [1.807, 2.05) is 11.8 Å². The molecule has 1 aromatic rings. The van der Waals surface area contributed by atoms with Gasteiger partial charge in [-0.25, -0.2) is 4.39 Å². The van der Waals surface area contributed by atoms with E-state index >= 15 is 0 Å². The summed E-state index contributed by atoms with van der Waals surface area (Å²) in [5.74, 6) is -0.714. The van der Waals surface area contributed by atoms with Crippen molar-refractivity contribution in [2.45, 2.75) is 19.5 Å². The van der Waals surface area contributed by atoms with Crippen LogP contribution in [0.3, 0.4) is 0 Å². The molecule has 0 radical (unpaired) electrons. The highest BCUT2D eigenvalue weighted by Gasteiger charge is 2.29. The first-order chi connectivity index (χ1) is 9.63. The molecule has 2 rings (SSSR count). The van der Waals surface area contributed by atoms with Gasteiger partial charge in [0, 0.05) is 18.8 Å². The molecule has 1 atom stereocenters. The normalized spacial score (nSPS) is 19.1. The van der Waals surface area contributed by atoms with Crippen LogP contribution in [-0.2, 0) is 16.1 Å². The number of hydrogen-bond acceptors (Lipinski definition) is 4. The van der Waals surface area contributed by atoms with Gasteiger partial charge in [-0.3, -0.25) is 4.79 Å². The molecule has 1 saturated heterocycles. The second-order valence-electron chi connectivity index (χ2n) is 4.74. The Morgan fingerprint density at radius 3 is 3.10 bits per heavy atom. The number of anilines is 1. The van der Waals surface area contributed by atoms with E-state index in [0.717, 1.165) is 17.8 Å². The predicted molar refractivity (Wildman–Crippen MR) is 74.9 cm³/mol. The largest absolute Gasteiger partial charge is 0.377 e. The van der Waals surface area contributed by atoms with Crippen LogP contribution in [0.5, 0.6) is 0 Å². The van der Waals surface area contributed by atoms with Gasteiger partial charge in [-0.15, -0.1) is 0 Å². The number of carbonyl (C=O) groups is 1. The Balaban J connectivity index is 2.31. The van der Waals surface area contributed by atoms with Crippen molar-refractivity contribution in [1.29, 1.82) is 0 Å². The van der Waals surface area contributed by atoms with Gasteiger partial charge in [-0.05, 0) is 30.3 Å². The summed E-state index contributed by atoms with van der Waals surface area (Å²) in [6, 6.07) is 4.09. The van der Waals surface area contributed by atoms with E-state index < -0.39 is 11.9 Å². The van der Waals surface area contributed by atoms with E-state index in [2.05, 4.69) is 5.32 Å². The molecule has 20 heavy (non-hydrogen) atoms. The predicted octanol–water partition coefficient (Wildman–Crippen LogP) is 0.626. The molecule has 6 heteroatoms. The van der Waals surface area contributed by atoms with Crippen molar-refractivity contribution < 1.29 is 13.9 Å². The molecular weight excluding hydrogens is 261 g/mol. The van der Waals surface area contributed by atoms with Crippen molar-refractivity contribution in [2.75, 3.05) is 31.2 Å². The van der Waals surface area contributed by atoms with Crippen molar-refractivity contribution >= 4 is 11.6 Å². The van der Waals surface area contributed by atoms with E-state index in [9.17, 15) is 9.18 Å². The van der Waals surface area contributed by atoms with Gasteiger partial charge in [0.25, 0.3) is 0 Å². The number of carbonyl (C=O) groups excluding carboxylic acids is 1. The van der Waals surface area contributed by atoms with Crippen molar-refractivity contribution in [3.05, 3.63) is 29.6 Å². The third-order valence-corrected chi connectivity index (χ3v) is 3.37. The summed E-state index contributed by atoms with van der Waals surface area (Å²) in [7, 11) is 0. The lowest BCUT2D eigenvalue weighted by molar-refractivity contribution is -0.121. The third-order valence-electron chi connectivity index (χ3n) is 3.37. The van der Waals surface area contributed by atoms with Gasteiger partial charge < -0.3 is 20.7 Å². The van der Waals surface area contributed by atoms with Crippen molar-refractivity contribution in [1.82, 2.24) is 5.32 Å². The highest BCUT2D eigenvalue weighted by molar-refractivity contribution is 5.84. The molecule has 3 N–H and O–H groups in total. The summed E-state index contributed by atoms with van der Waals surface area (Å²) in [5, 5.41) is 3.17. The molecule has 5 nitrogen and oxygen atoms in total. The maximum absolute atomic E-state index is 13.4. The third kappa shape index (κ3) is 3.26. The van der Waals surface area contributed by atoms with Crippen molar-refractivity contribution in [3.8, 4) is 0 Å². The molecule has 1 unspecified atom stereocenters. The maximum Gasteiger partial charge on any atom is 0.242 e. The topological polar surface area (TPSA) is 67.6 Å². The fourth-order valence-corrected chi connectivity index (χ4v) is 2.36. The Morgan fingerprint density at radius 1 is 1.60 bits per heavy atom. The monoisotopic (exact) mass is 281 g/mol. The quantitative estimate of drug-likeness (QED) is 0.830. The number of nitrogens with one attached hydrogen (secondary N) is 1. The molecule has 110 valence electrons. The lowest BCUT2D eigenvalue weighted by atomic mass is 10.1. The molecule has 1 aliphatic heterocycles. The number of morpholine rings is 1. The van der Waals surface area contributed by atoms with Gasteiger partial charge in [0.1, 0.15) is 11.9 Å².